The molecule has 1 saturated heterocycles. The molecule has 0 saturated carbocycles. The predicted molar refractivity (Wildman–Crippen MR) is 108 cm³/mol. The maximum absolute atomic E-state index is 13.2. The van der Waals surface area contributed by atoms with Gasteiger partial charge in [-0.15, -0.1) is 0 Å². The van der Waals surface area contributed by atoms with Gasteiger partial charge in [-0.05, 0) is 29.7 Å². The van der Waals surface area contributed by atoms with E-state index >= 15 is 0 Å². The number of hydrogen-bond acceptors (Lipinski definition) is 4. The van der Waals surface area contributed by atoms with Gasteiger partial charge in [0.1, 0.15) is 11.7 Å². The lowest BCUT2D eigenvalue weighted by Crippen LogP contribution is -2.60. The molecule has 4 amide bonds. The SMILES string of the molecule is O=C1C(Cc2ccccc2)C(=O)N(c2ccccn2)C(=O)N1Cc1ccccc1. The van der Waals surface area contributed by atoms with E-state index in [-0.39, 0.29) is 18.8 Å². The van der Waals surface area contributed by atoms with Crippen molar-refractivity contribution in [3.8, 4) is 0 Å². The van der Waals surface area contributed by atoms with Crippen molar-refractivity contribution < 1.29 is 14.4 Å². The largest absolute Gasteiger partial charge is 0.339 e. The molecule has 4 rings (SSSR count). The second-order valence-corrected chi connectivity index (χ2v) is 6.80. The van der Waals surface area contributed by atoms with Gasteiger partial charge in [-0.25, -0.2) is 14.7 Å². The Morgan fingerprint density at radius 3 is 1.97 bits per heavy atom. The smallest absolute Gasteiger partial charge is 0.273 e. The molecule has 1 aliphatic rings. The fourth-order valence-corrected chi connectivity index (χ4v) is 3.39. The van der Waals surface area contributed by atoms with Crippen LogP contribution in [0.3, 0.4) is 0 Å². The molecule has 0 aliphatic carbocycles. The molecule has 1 fully saturated rings. The van der Waals surface area contributed by atoms with E-state index in [0.717, 1.165) is 20.9 Å². The van der Waals surface area contributed by atoms with E-state index in [1.165, 1.54) is 6.20 Å². The summed E-state index contributed by atoms with van der Waals surface area (Å²) in [5, 5.41) is 0. The number of hydrogen-bond donors (Lipinski definition) is 0. The molecule has 1 aliphatic heterocycles. The molecule has 0 radical (unpaired) electrons. The third-order valence-electron chi connectivity index (χ3n) is 4.85. The molecule has 0 N–H and O–H groups in total. The summed E-state index contributed by atoms with van der Waals surface area (Å²) < 4.78 is 0. The standard InChI is InChI=1S/C23H19N3O3/c27-21-19(15-17-9-3-1-4-10-17)22(28)26(20-13-7-8-14-24-20)23(29)25(21)16-18-11-5-2-6-12-18/h1-14,19H,15-16H2. The number of amides is 4. The number of nitrogens with zero attached hydrogens (tertiary/aromatic N) is 3. The molecule has 144 valence electrons. The van der Waals surface area contributed by atoms with Gasteiger partial charge >= 0.3 is 6.03 Å². The Balaban J connectivity index is 1.71. The molecule has 1 unspecified atom stereocenters. The Morgan fingerprint density at radius 1 is 0.724 bits per heavy atom. The lowest BCUT2D eigenvalue weighted by Gasteiger charge is -2.36. The molecule has 2 heterocycles. The van der Waals surface area contributed by atoms with Gasteiger partial charge in [-0.1, -0.05) is 66.7 Å². The number of carbonyl (C=O) groups excluding carboxylic acids is 3. The minimum Gasteiger partial charge on any atom is -0.273 e. The molecule has 29 heavy (non-hydrogen) atoms. The molecule has 0 bridgehead atoms. The van der Waals surface area contributed by atoms with E-state index in [4.69, 9.17) is 0 Å². The number of pyridine rings is 1. The highest BCUT2D eigenvalue weighted by atomic mass is 16.2. The van der Waals surface area contributed by atoms with Gasteiger partial charge < -0.3 is 0 Å². The number of anilines is 1. The van der Waals surface area contributed by atoms with Gasteiger partial charge in [0, 0.05) is 6.20 Å². The molecular formula is C23H19N3O3. The first kappa shape index (κ1) is 18.6. The lowest BCUT2D eigenvalue weighted by molar-refractivity contribution is -0.141. The highest BCUT2D eigenvalue weighted by Crippen LogP contribution is 2.27. The zero-order valence-electron chi connectivity index (χ0n) is 15.6. The Kier molecular flexibility index (Phi) is 5.16. The summed E-state index contributed by atoms with van der Waals surface area (Å²) in [6.07, 6.45) is 1.74. The molecule has 1 aromatic heterocycles. The molecule has 1 atom stereocenters. The van der Waals surface area contributed by atoms with Crippen LogP contribution in [0.4, 0.5) is 10.6 Å². The van der Waals surface area contributed by atoms with Crippen LogP contribution in [0.25, 0.3) is 0 Å². The average Bonchev–Trinajstić information content (AvgIpc) is 2.77. The van der Waals surface area contributed by atoms with Crippen LogP contribution < -0.4 is 4.90 Å². The van der Waals surface area contributed by atoms with Crippen molar-refractivity contribution in [2.24, 2.45) is 5.92 Å². The monoisotopic (exact) mass is 385 g/mol. The van der Waals surface area contributed by atoms with Crippen molar-refractivity contribution in [3.63, 3.8) is 0 Å². The topological polar surface area (TPSA) is 70.6 Å². The summed E-state index contributed by atoms with van der Waals surface area (Å²) in [5.74, 6) is -1.81. The van der Waals surface area contributed by atoms with Crippen LogP contribution in [0.2, 0.25) is 0 Å². The summed E-state index contributed by atoms with van der Waals surface area (Å²) in [5.41, 5.74) is 1.66. The van der Waals surface area contributed by atoms with Crippen LogP contribution in [0.15, 0.2) is 85.1 Å². The van der Waals surface area contributed by atoms with Crippen LogP contribution in [0.5, 0.6) is 0 Å². The van der Waals surface area contributed by atoms with Crippen LogP contribution in [-0.4, -0.2) is 27.7 Å². The average molecular weight is 385 g/mol. The van der Waals surface area contributed by atoms with Crippen LogP contribution in [0.1, 0.15) is 11.1 Å². The van der Waals surface area contributed by atoms with Crippen molar-refractivity contribution in [1.29, 1.82) is 0 Å². The summed E-state index contributed by atoms with van der Waals surface area (Å²) in [4.78, 5) is 45.8. The van der Waals surface area contributed by atoms with Gasteiger partial charge in [0.25, 0.3) is 0 Å². The summed E-state index contributed by atoms with van der Waals surface area (Å²) in [6, 6.07) is 22.9. The third-order valence-corrected chi connectivity index (χ3v) is 4.85. The van der Waals surface area contributed by atoms with Gasteiger partial charge in [-0.2, -0.15) is 0 Å². The van der Waals surface area contributed by atoms with Crippen molar-refractivity contribution in [2.75, 3.05) is 4.90 Å². The number of aromatic nitrogens is 1. The lowest BCUT2D eigenvalue weighted by atomic mass is 9.94. The molecular weight excluding hydrogens is 366 g/mol. The fourth-order valence-electron chi connectivity index (χ4n) is 3.39. The van der Waals surface area contributed by atoms with Crippen LogP contribution in [0, 0.1) is 5.92 Å². The quantitative estimate of drug-likeness (QED) is 0.631. The number of urea groups is 1. The molecule has 0 spiro atoms. The zero-order valence-corrected chi connectivity index (χ0v) is 15.6. The van der Waals surface area contributed by atoms with Crippen molar-refractivity contribution in [2.45, 2.75) is 13.0 Å². The van der Waals surface area contributed by atoms with E-state index in [0.29, 0.717) is 0 Å². The van der Waals surface area contributed by atoms with E-state index in [2.05, 4.69) is 4.98 Å². The molecule has 6 heteroatoms. The highest BCUT2D eigenvalue weighted by Gasteiger charge is 2.46. The van der Waals surface area contributed by atoms with Gasteiger partial charge in [0.15, 0.2) is 0 Å². The summed E-state index contributed by atoms with van der Waals surface area (Å²) in [7, 11) is 0. The van der Waals surface area contributed by atoms with Crippen molar-refractivity contribution in [3.05, 3.63) is 96.2 Å². The van der Waals surface area contributed by atoms with Gasteiger partial charge in [0.2, 0.25) is 11.8 Å². The van der Waals surface area contributed by atoms with E-state index in [1.54, 1.807) is 18.2 Å². The zero-order chi connectivity index (χ0) is 20.2. The predicted octanol–water partition coefficient (Wildman–Crippen LogP) is 3.44. The second-order valence-electron chi connectivity index (χ2n) is 6.80. The first-order valence-electron chi connectivity index (χ1n) is 9.33. The maximum Gasteiger partial charge on any atom is 0.339 e. The number of carbonyl (C=O) groups is 3. The van der Waals surface area contributed by atoms with E-state index < -0.39 is 23.8 Å². The normalized spacial score (nSPS) is 17.0. The summed E-state index contributed by atoms with van der Waals surface area (Å²) >= 11 is 0. The number of benzene rings is 2. The second kappa shape index (κ2) is 8.06. The molecule has 6 nitrogen and oxygen atoms in total. The Bertz CT molecular complexity index is 960. The van der Waals surface area contributed by atoms with E-state index in [1.807, 2.05) is 60.7 Å². The van der Waals surface area contributed by atoms with Gasteiger partial charge in [0.05, 0.1) is 6.54 Å². The maximum atomic E-state index is 13.2. The Hall–Kier alpha value is -3.80. The third kappa shape index (κ3) is 3.78. The van der Waals surface area contributed by atoms with Crippen molar-refractivity contribution in [1.82, 2.24) is 9.88 Å². The minimum atomic E-state index is -0.985. The summed E-state index contributed by atoms with van der Waals surface area (Å²) in [6.45, 7) is 0.0976. The first-order chi connectivity index (χ1) is 14.1. The number of barbiturate groups is 1. The number of imide groups is 2. The highest BCUT2D eigenvalue weighted by molar-refractivity contribution is 6.27. The Labute approximate surface area is 168 Å². The first-order valence-corrected chi connectivity index (χ1v) is 9.33. The van der Waals surface area contributed by atoms with Crippen LogP contribution in [-0.2, 0) is 22.6 Å². The minimum absolute atomic E-state index is 0.0976. The van der Waals surface area contributed by atoms with Gasteiger partial charge in [-0.3, -0.25) is 14.5 Å². The fraction of sp³-hybridized carbons (Fsp3) is 0.130. The molecule has 3 aromatic rings. The van der Waals surface area contributed by atoms with E-state index in [9.17, 15) is 14.4 Å². The van der Waals surface area contributed by atoms with Crippen LogP contribution >= 0.6 is 0 Å². The number of rotatable bonds is 5. The molecule has 2 aromatic carbocycles. The Morgan fingerprint density at radius 2 is 1.34 bits per heavy atom. The van der Waals surface area contributed by atoms with Crippen molar-refractivity contribution >= 4 is 23.7 Å².